The first kappa shape index (κ1) is 12.4. The predicted molar refractivity (Wildman–Crippen MR) is 62.0 cm³/mol. The number of aliphatic hydroxyl groups is 1. The van der Waals surface area contributed by atoms with E-state index in [0.29, 0.717) is 0 Å². The summed E-state index contributed by atoms with van der Waals surface area (Å²) in [4.78, 5) is 10.9. The van der Waals surface area contributed by atoms with Gasteiger partial charge in [-0.3, -0.25) is 0 Å². The van der Waals surface area contributed by atoms with Gasteiger partial charge in [0, 0.05) is 16.0 Å². The van der Waals surface area contributed by atoms with E-state index in [1.54, 1.807) is 0 Å². The number of rotatable bonds is 3. The third-order valence-corrected chi connectivity index (χ3v) is 2.52. The standard InChI is InChI=1S/C9H6Cl2O3S/c10-4-1-5(7(12)3-15)8(9(13)14)6(11)2-4/h1-3,7,12H,(H,13,14). The number of thiocarbonyl (C=S) groups is 1. The number of hydrogen-bond acceptors (Lipinski definition) is 3. The van der Waals surface area contributed by atoms with E-state index in [0.717, 1.165) is 5.37 Å². The van der Waals surface area contributed by atoms with Crippen molar-refractivity contribution in [1.82, 2.24) is 0 Å². The van der Waals surface area contributed by atoms with Crippen LogP contribution in [0.1, 0.15) is 22.0 Å². The average molecular weight is 265 g/mol. The van der Waals surface area contributed by atoms with Crippen LogP contribution in [0.5, 0.6) is 0 Å². The Hall–Kier alpha value is -0.680. The number of aliphatic hydroxyl groups excluding tert-OH is 1. The lowest BCUT2D eigenvalue weighted by Gasteiger charge is -2.11. The predicted octanol–water partition coefficient (Wildman–Crippen LogP) is 2.72. The summed E-state index contributed by atoms with van der Waals surface area (Å²) < 4.78 is 0. The molecular formula is C9H6Cl2O3S. The van der Waals surface area contributed by atoms with Crippen LogP contribution < -0.4 is 0 Å². The minimum Gasteiger partial charge on any atom is -0.478 e. The highest BCUT2D eigenvalue weighted by atomic mass is 35.5. The Balaban J connectivity index is 3.46. The van der Waals surface area contributed by atoms with Gasteiger partial charge in [-0.25, -0.2) is 4.79 Å². The minimum atomic E-state index is -1.23. The summed E-state index contributed by atoms with van der Waals surface area (Å²) in [6.07, 6.45) is -1.18. The summed E-state index contributed by atoms with van der Waals surface area (Å²) in [6.45, 7) is 0. The Morgan fingerprint density at radius 2 is 2.07 bits per heavy atom. The van der Waals surface area contributed by atoms with E-state index in [9.17, 15) is 9.90 Å². The van der Waals surface area contributed by atoms with Gasteiger partial charge >= 0.3 is 5.97 Å². The van der Waals surface area contributed by atoms with Crippen molar-refractivity contribution in [3.05, 3.63) is 33.3 Å². The summed E-state index contributed by atoms with van der Waals surface area (Å²) in [5.74, 6) is -1.23. The molecule has 0 spiro atoms. The van der Waals surface area contributed by atoms with Gasteiger partial charge in [-0.1, -0.05) is 35.4 Å². The monoisotopic (exact) mass is 264 g/mol. The van der Waals surface area contributed by atoms with Crippen molar-refractivity contribution in [3.8, 4) is 0 Å². The molecule has 0 aromatic heterocycles. The van der Waals surface area contributed by atoms with Crippen LogP contribution >= 0.6 is 35.4 Å². The maximum Gasteiger partial charge on any atom is 0.337 e. The molecule has 3 nitrogen and oxygen atoms in total. The third-order valence-electron chi connectivity index (χ3n) is 1.75. The van der Waals surface area contributed by atoms with Gasteiger partial charge in [-0.2, -0.15) is 0 Å². The van der Waals surface area contributed by atoms with Crippen LogP contribution in [0.3, 0.4) is 0 Å². The smallest absolute Gasteiger partial charge is 0.337 e. The topological polar surface area (TPSA) is 57.5 Å². The molecule has 1 unspecified atom stereocenters. The lowest BCUT2D eigenvalue weighted by molar-refractivity contribution is 0.0693. The lowest BCUT2D eigenvalue weighted by Crippen LogP contribution is -2.08. The average Bonchev–Trinajstić information content (AvgIpc) is 2.14. The molecule has 0 amide bonds. The molecular weight excluding hydrogens is 259 g/mol. The fraction of sp³-hybridized carbons (Fsp3) is 0.111. The second kappa shape index (κ2) is 4.90. The molecule has 0 saturated heterocycles. The highest BCUT2D eigenvalue weighted by molar-refractivity contribution is 7.79. The second-order valence-corrected chi connectivity index (χ2v) is 3.85. The van der Waals surface area contributed by atoms with Gasteiger partial charge < -0.3 is 10.2 Å². The van der Waals surface area contributed by atoms with Crippen molar-refractivity contribution >= 4 is 46.8 Å². The molecule has 1 rings (SSSR count). The summed E-state index contributed by atoms with van der Waals surface area (Å²) >= 11 is 15.9. The SMILES string of the molecule is O=C(O)c1c(Cl)cc(Cl)cc1C(O)C=S. The van der Waals surface area contributed by atoms with Crippen molar-refractivity contribution in [1.29, 1.82) is 0 Å². The molecule has 0 aliphatic heterocycles. The normalized spacial score (nSPS) is 12.2. The first-order chi connectivity index (χ1) is 6.97. The number of halogens is 2. The Bertz CT molecular complexity index is 420. The number of benzene rings is 1. The van der Waals surface area contributed by atoms with Gasteiger partial charge in [0.2, 0.25) is 0 Å². The minimum absolute atomic E-state index is 0.0269. The number of aromatic carboxylic acids is 1. The molecule has 80 valence electrons. The second-order valence-electron chi connectivity index (χ2n) is 2.74. The van der Waals surface area contributed by atoms with E-state index >= 15 is 0 Å². The fourth-order valence-electron chi connectivity index (χ4n) is 1.13. The first-order valence-corrected chi connectivity index (χ1v) is 5.05. The van der Waals surface area contributed by atoms with Crippen molar-refractivity contribution < 1.29 is 15.0 Å². The third kappa shape index (κ3) is 2.66. The van der Waals surface area contributed by atoms with E-state index in [2.05, 4.69) is 12.2 Å². The highest BCUT2D eigenvalue weighted by Gasteiger charge is 2.19. The molecule has 6 heteroatoms. The summed E-state index contributed by atoms with van der Waals surface area (Å²) in [5, 5.41) is 19.6. The molecule has 1 atom stereocenters. The van der Waals surface area contributed by atoms with Crippen molar-refractivity contribution in [2.45, 2.75) is 6.10 Å². The largest absolute Gasteiger partial charge is 0.478 e. The van der Waals surface area contributed by atoms with Crippen LogP contribution in [0.15, 0.2) is 12.1 Å². The van der Waals surface area contributed by atoms with Crippen molar-refractivity contribution in [3.63, 3.8) is 0 Å². The summed E-state index contributed by atoms with van der Waals surface area (Å²) in [6, 6.07) is 2.62. The molecule has 0 heterocycles. The van der Waals surface area contributed by atoms with Crippen molar-refractivity contribution in [2.75, 3.05) is 0 Å². The molecule has 15 heavy (non-hydrogen) atoms. The Morgan fingerprint density at radius 1 is 1.47 bits per heavy atom. The molecule has 0 saturated carbocycles. The molecule has 0 bridgehead atoms. The zero-order valence-electron chi connectivity index (χ0n) is 7.28. The molecule has 2 N–H and O–H groups in total. The number of carbonyl (C=O) groups is 1. The Kier molecular flexibility index (Phi) is 4.04. The summed E-state index contributed by atoms with van der Waals surface area (Å²) in [7, 11) is 0. The van der Waals surface area contributed by atoms with Gasteiger partial charge in [0.1, 0.15) is 6.10 Å². The fourth-order valence-corrected chi connectivity index (χ4v) is 1.86. The van der Waals surface area contributed by atoms with Gasteiger partial charge in [-0.15, -0.1) is 0 Å². The molecule has 0 aliphatic carbocycles. The zero-order valence-corrected chi connectivity index (χ0v) is 9.60. The van der Waals surface area contributed by atoms with Gasteiger partial charge in [0.15, 0.2) is 0 Å². The van der Waals surface area contributed by atoms with E-state index in [-0.39, 0.29) is 21.2 Å². The zero-order chi connectivity index (χ0) is 11.6. The van der Waals surface area contributed by atoms with Gasteiger partial charge in [-0.05, 0) is 12.1 Å². The van der Waals surface area contributed by atoms with Crippen molar-refractivity contribution in [2.24, 2.45) is 0 Å². The Morgan fingerprint density at radius 3 is 2.53 bits per heavy atom. The molecule has 1 aromatic carbocycles. The molecule has 0 aliphatic rings. The highest BCUT2D eigenvalue weighted by Crippen LogP contribution is 2.29. The molecule has 1 aromatic rings. The van der Waals surface area contributed by atoms with E-state index in [1.165, 1.54) is 12.1 Å². The maximum absolute atomic E-state index is 10.9. The first-order valence-electron chi connectivity index (χ1n) is 3.83. The summed E-state index contributed by atoms with van der Waals surface area (Å²) in [5.41, 5.74) is -0.0929. The van der Waals surface area contributed by atoms with Crippen LogP contribution in [0.2, 0.25) is 10.0 Å². The van der Waals surface area contributed by atoms with E-state index < -0.39 is 12.1 Å². The van der Waals surface area contributed by atoms with Gasteiger partial charge in [0.05, 0.1) is 10.6 Å². The van der Waals surface area contributed by atoms with Gasteiger partial charge in [0.25, 0.3) is 0 Å². The van der Waals surface area contributed by atoms with E-state index in [1.807, 2.05) is 0 Å². The van der Waals surface area contributed by atoms with Crippen LogP contribution in [0.25, 0.3) is 0 Å². The van der Waals surface area contributed by atoms with Crippen LogP contribution in [-0.2, 0) is 0 Å². The van der Waals surface area contributed by atoms with E-state index in [4.69, 9.17) is 28.3 Å². The lowest BCUT2D eigenvalue weighted by atomic mass is 10.0. The van der Waals surface area contributed by atoms with Crippen LogP contribution in [0.4, 0.5) is 0 Å². The number of carboxylic acids is 1. The number of carboxylic acid groups (broad SMARTS) is 1. The quantitative estimate of drug-likeness (QED) is 0.825. The molecule has 0 fully saturated rings. The molecule has 0 radical (unpaired) electrons. The maximum atomic E-state index is 10.9. The number of hydrogen-bond donors (Lipinski definition) is 2. The van der Waals surface area contributed by atoms with Crippen LogP contribution in [0, 0.1) is 0 Å². The Labute approximate surface area is 101 Å². The van der Waals surface area contributed by atoms with Crippen LogP contribution in [-0.4, -0.2) is 21.5 Å².